The molecule has 0 radical (unpaired) electrons. The monoisotopic (exact) mass is 682 g/mol. The van der Waals surface area contributed by atoms with E-state index in [0.717, 1.165) is 8.04 Å². The third-order valence-corrected chi connectivity index (χ3v) is 7.05. The molecule has 1 amide bonds. The average Bonchev–Trinajstić information content (AvgIpc) is 2.87. The maximum atomic E-state index is 13.4. The molecule has 1 aliphatic rings. The summed E-state index contributed by atoms with van der Waals surface area (Å²) in [6.07, 6.45) is 1.59. The summed E-state index contributed by atoms with van der Waals surface area (Å²) >= 11 is 5.56. The number of hydrogen-bond donors (Lipinski definition) is 0. The van der Waals surface area contributed by atoms with Crippen LogP contribution >= 0.6 is 38.5 Å². The number of benzene rings is 2. The summed E-state index contributed by atoms with van der Waals surface area (Å²) in [5, 5.41) is 5.01. The molecule has 3 aromatic rings. The molecular weight excluding hydrogens is 655 g/mol. The standard InChI is InChI=1S/C26H28BrIN4O5/c1-26(2,3)25-30-20-6-5-17(27)13-18(20)24(34)32(25)29-14-16-11-19(28)23(21(12-16)35-4)37-15-22(33)31-7-9-36-10-8-31/h5-6,11-14H,7-10,15H2,1-4H3. The molecular formula is C26H28BrIN4O5. The number of halogens is 2. The van der Waals surface area contributed by atoms with Gasteiger partial charge in [0.2, 0.25) is 0 Å². The van der Waals surface area contributed by atoms with Crippen LogP contribution in [0.2, 0.25) is 0 Å². The highest BCUT2D eigenvalue weighted by Gasteiger charge is 2.23. The van der Waals surface area contributed by atoms with Crippen molar-refractivity contribution in [2.24, 2.45) is 5.10 Å². The maximum absolute atomic E-state index is 13.4. The van der Waals surface area contributed by atoms with Crippen LogP contribution in [0.15, 0.2) is 44.7 Å². The van der Waals surface area contributed by atoms with Crippen molar-refractivity contribution < 1.29 is 19.0 Å². The Hall–Kier alpha value is -2.51. The third kappa shape index (κ3) is 6.32. The first-order chi connectivity index (χ1) is 17.6. The van der Waals surface area contributed by atoms with Gasteiger partial charge in [-0.2, -0.15) is 9.78 Å². The third-order valence-electron chi connectivity index (χ3n) is 5.76. The molecule has 0 unspecified atom stereocenters. The van der Waals surface area contributed by atoms with Crippen LogP contribution in [-0.2, 0) is 14.9 Å². The lowest BCUT2D eigenvalue weighted by Crippen LogP contribution is -2.43. The van der Waals surface area contributed by atoms with E-state index in [-0.39, 0.29) is 18.1 Å². The summed E-state index contributed by atoms with van der Waals surface area (Å²) in [5.41, 5.74) is 0.646. The zero-order valence-corrected chi connectivity index (χ0v) is 24.8. The number of amides is 1. The van der Waals surface area contributed by atoms with Crippen LogP contribution in [0.3, 0.4) is 0 Å². The van der Waals surface area contributed by atoms with Crippen LogP contribution in [0.4, 0.5) is 0 Å². The number of morpholine rings is 1. The van der Waals surface area contributed by atoms with Gasteiger partial charge < -0.3 is 19.1 Å². The van der Waals surface area contributed by atoms with Gasteiger partial charge in [0, 0.05) is 23.0 Å². The molecule has 11 heteroatoms. The van der Waals surface area contributed by atoms with Crippen LogP contribution < -0.4 is 15.0 Å². The van der Waals surface area contributed by atoms with Gasteiger partial charge in [-0.25, -0.2) is 4.98 Å². The molecule has 1 fully saturated rings. The number of hydrogen-bond acceptors (Lipinski definition) is 7. The molecule has 0 atom stereocenters. The van der Waals surface area contributed by atoms with E-state index in [1.54, 1.807) is 23.2 Å². The molecule has 2 aromatic carbocycles. The number of aromatic nitrogens is 2. The quantitative estimate of drug-likeness (QED) is 0.286. The molecule has 9 nitrogen and oxygen atoms in total. The lowest BCUT2D eigenvalue weighted by Gasteiger charge is -2.27. The smallest absolute Gasteiger partial charge is 0.282 e. The summed E-state index contributed by atoms with van der Waals surface area (Å²) in [6, 6.07) is 9.04. The summed E-state index contributed by atoms with van der Waals surface area (Å²) in [5.74, 6) is 1.39. The topological polar surface area (TPSA) is 95.2 Å². The predicted octanol–water partition coefficient (Wildman–Crippen LogP) is 4.19. The molecule has 0 bridgehead atoms. The molecule has 1 aromatic heterocycles. The minimum Gasteiger partial charge on any atom is -0.493 e. The Morgan fingerprint density at radius 1 is 1.24 bits per heavy atom. The van der Waals surface area contributed by atoms with Gasteiger partial charge in [0.15, 0.2) is 18.1 Å². The number of rotatable bonds is 6. The second-order valence-electron chi connectivity index (χ2n) is 9.52. The largest absolute Gasteiger partial charge is 0.493 e. The zero-order valence-electron chi connectivity index (χ0n) is 21.1. The molecule has 1 aliphatic heterocycles. The Balaban J connectivity index is 1.65. The summed E-state index contributed by atoms with van der Waals surface area (Å²) in [6.45, 7) is 8.05. The van der Waals surface area contributed by atoms with Crippen LogP contribution in [0.1, 0.15) is 32.2 Å². The van der Waals surface area contributed by atoms with Gasteiger partial charge in [0.25, 0.3) is 11.5 Å². The van der Waals surface area contributed by atoms with Crippen molar-refractivity contribution in [2.45, 2.75) is 26.2 Å². The van der Waals surface area contributed by atoms with E-state index in [1.807, 2.05) is 39.0 Å². The zero-order chi connectivity index (χ0) is 26.7. The van der Waals surface area contributed by atoms with Crippen molar-refractivity contribution in [1.82, 2.24) is 14.6 Å². The fraction of sp³-hybridized carbons (Fsp3) is 0.385. The van der Waals surface area contributed by atoms with Gasteiger partial charge in [0.1, 0.15) is 5.82 Å². The lowest BCUT2D eigenvalue weighted by atomic mass is 9.95. The van der Waals surface area contributed by atoms with E-state index in [1.165, 1.54) is 11.8 Å². The number of methoxy groups -OCH3 is 1. The fourth-order valence-electron chi connectivity index (χ4n) is 3.86. The van der Waals surface area contributed by atoms with E-state index in [0.29, 0.717) is 60.1 Å². The molecule has 0 saturated carbocycles. The molecule has 2 heterocycles. The fourth-order valence-corrected chi connectivity index (χ4v) is 5.00. The van der Waals surface area contributed by atoms with Crippen LogP contribution in [0, 0.1) is 3.57 Å². The summed E-state index contributed by atoms with van der Waals surface area (Å²) in [7, 11) is 1.54. The predicted molar refractivity (Wildman–Crippen MR) is 154 cm³/mol. The molecule has 1 saturated heterocycles. The molecule has 0 N–H and O–H groups in total. The van der Waals surface area contributed by atoms with Crippen molar-refractivity contribution in [3.63, 3.8) is 0 Å². The van der Waals surface area contributed by atoms with Gasteiger partial charge >= 0.3 is 0 Å². The molecule has 37 heavy (non-hydrogen) atoms. The lowest BCUT2D eigenvalue weighted by molar-refractivity contribution is -0.137. The van der Waals surface area contributed by atoms with Gasteiger partial charge in [-0.1, -0.05) is 36.7 Å². The number of fused-ring (bicyclic) bond motifs is 1. The van der Waals surface area contributed by atoms with Gasteiger partial charge in [-0.3, -0.25) is 9.59 Å². The number of carbonyl (C=O) groups is 1. The Morgan fingerprint density at radius 3 is 2.65 bits per heavy atom. The molecule has 196 valence electrons. The maximum Gasteiger partial charge on any atom is 0.282 e. The molecule has 4 rings (SSSR count). The van der Waals surface area contributed by atoms with Gasteiger partial charge in [-0.05, 0) is 58.5 Å². The first-order valence-electron chi connectivity index (χ1n) is 11.7. The van der Waals surface area contributed by atoms with E-state index in [4.69, 9.17) is 19.2 Å². The van der Waals surface area contributed by atoms with Crippen molar-refractivity contribution in [3.8, 4) is 11.5 Å². The van der Waals surface area contributed by atoms with Crippen molar-refractivity contribution in [3.05, 3.63) is 60.1 Å². The van der Waals surface area contributed by atoms with E-state index < -0.39 is 5.41 Å². The van der Waals surface area contributed by atoms with Crippen LogP contribution in [0.5, 0.6) is 11.5 Å². The molecule has 0 aliphatic carbocycles. The number of ether oxygens (including phenoxy) is 3. The van der Waals surface area contributed by atoms with Crippen LogP contribution in [0.25, 0.3) is 10.9 Å². The normalized spacial score (nSPS) is 14.4. The van der Waals surface area contributed by atoms with E-state index in [9.17, 15) is 9.59 Å². The second-order valence-corrected chi connectivity index (χ2v) is 11.6. The Labute approximate surface area is 237 Å². The minimum absolute atomic E-state index is 0.0948. The average molecular weight is 683 g/mol. The summed E-state index contributed by atoms with van der Waals surface area (Å²) in [4.78, 5) is 32.4. The highest BCUT2D eigenvalue weighted by molar-refractivity contribution is 14.1. The van der Waals surface area contributed by atoms with Crippen LogP contribution in [-0.4, -0.2) is 66.7 Å². The Morgan fingerprint density at radius 2 is 1.97 bits per heavy atom. The Kier molecular flexibility index (Phi) is 8.54. The van der Waals surface area contributed by atoms with E-state index in [2.05, 4.69) is 43.6 Å². The first-order valence-corrected chi connectivity index (χ1v) is 13.6. The van der Waals surface area contributed by atoms with Gasteiger partial charge in [0.05, 0.1) is 41.0 Å². The van der Waals surface area contributed by atoms with Crippen molar-refractivity contribution >= 4 is 61.5 Å². The van der Waals surface area contributed by atoms with Crippen molar-refractivity contribution in [2.75, 3.05) is 40.0 Å². The summed E-state index contributed by atoms with van der Waals surface area (Å²) < 4.78 is 19.6. The van der Waals surface area contributed by atoms with Gasteiger partial charge in [-0.15, -0.1) is 0 Å². The number of nitrogens with zero attached hydrogens (tertiary/aromatic N) is 4. The second kappa shape index (κ2) is 11.5. The highest BCUT2D eigenvalue weighted by Crippen LogP contribution is 2.33. The minimum atomic E-state index is -0.422. The van der Waals surface area contributed by atoms with Crippen molar-refractivity contribution in [1.29, 1.82) is 0 Å². The first kappa shape index (κ1) is 27.5. The SMILES string of the molecule is COc1cc(C=Nn2c(C(C)(C)C)nc3ccc(Br)cc3c2=O)cc(I)c1OCC(=O)N1CCOCC1. The Bertz CT molecular complexity index is 1410. The van der Waals surface area contributed by atoms with E-state index >= 15 is 0 Å². The molecule has 0 spiro atoms. The highest BCUT2D eigenvalue weighted by atomic mass is 127. The number of carbonyl (C=O) groups excluding carboxylic acids is 1.